The molecule has 0 N–H and O–H groups in total. The number of fused-ring (bicyclic) bond motifs is 1. The van der Waals surface area contributed by atoms with E-state index in [0.717, 1.165) is 12.2 Å². The van der Waals surface area contributed by atoms with Crippen molar-refractivity contribution in [2.24, 2.45) is 10.4 Å². The van der Waals surface area contributed by atoms with E-state index in [1.165, 1.54) is 16.8 Å². The zero-order chi connectivity index (χ0) is 12.8. The average molecular weight is 230 g/mol. The van der Waals surface area contributed by atoms with E-state index in [1.54, 1.807) is 0 Å². The van der Waals surface area contributed by atoms with Crippen LogP contribution < -0.4 is 0 Å². The number of pyridine rings is 1. The predicted molar refractivity (Wildman–Crippen MR) is 72.6 cm³/mol. The van der Waals surface area contributed by atoms with Crippen molar-refractivity contribution in [1.29, 1.82) is 0 Å². The highest BCUT2D eigenvalue weighted by atomic mass is 14.8. The Hall–Kier alpha value is -1.18. The Bertz CT molecular complexity index is 471. The van der Waals surface area contributed by atoms with E-state index in [-0.39, 0.29) is 10.8 Å². The molecule has 0 radical (unpaired) electrons. The zero-order valence-electron chi connectivity index (χ0n) is 11.8. The fourth-order valence-electron chi connectivity index (χ4n) is 2.13. The van der Waals surface area contributed by atoms with Gasteiger partial charge in [-0.05, 0) is 6.07 Å². The van der Waals surface area contributed by atoms with Crippen LogP contribution in [0.5, 0.6) is 0 Å². The second-order valence-corrected chi connectivity index (χ2v) is 6.89. The van der Waals surface area contributed by atoms with E-state index in [9.17, 15) is 0 Å². The van der Waals surface area contributed by atoms with E-state index in [4.69, 9.17) is 0 Å². The Kier molecular flexibility index (Phi) is 2.64. The molecule has 0 spiro atoms. The summed E-state index contributed by atoms with van der Waals surface area (Å²) in [5.74, 6) is 0. The normalized spacial score (nSPS) is 15.8. The third kappa shape index (κ3) is 2.26. The van der Waals surface area contributed by atoms with Crippen LogP contribution in [-0.4, -0.2) is 10.7 Å². The van der Waals surface area contributed by atoms with Gasteiger partial charge in [0.15, 0.2) is 0 Å². The van der Waals surface area contributed by atoms with Gasteiger partial charge in [0.05, 0.1) is 6.54 Å². The molecule has 17 heavy (non-hydrogen) atoms. The molecule has 0 saturated carbocycles. The molecular weight excluding hydrogens is 208 g/mol. The highest BCUT2D eigenvalue weighted by Crippen LogP contribution is 2.31. The summed E-state index contributed by atoms with van der Waals surface area (Å²) in [6.07, 6.45) is 2.00. The Balaban J connectivity index is 2.50. The second-order valence-electron chi connectivity index (χ2n) is 6.89. The summed E-state index contributed by atoms with van der Waals surface area (Å²) < 4.78 is 0. The quantitative estimate of drug-likeness (QED) is 0.666. The third-order valence-electron chi connectivity index (χ3n) is 3.13. The van der Waals surface area contributed by atoms with Gasteiger partial charge in [-0.25, -0.2) is 0 Å². The first-order valence-corrected chi connectivity index (χ1v) is 6.24. The molecule has 2 heteroatoms. The van der Waals surface area contributed by atoms with Crippen molar-refractivity contribution in [1.82, 2.24) is 4.98 Å². The van der Waals surface area contributed by atoms with Gasteiger partial charge in [-0.2, -0.15) is 0 Å². The molecule has 0 saturated heterocycles. The van der Waals surface area contributed by atoms with E-state index < -0.39 is 0 Å². The van der Waals surface area contributed by atoms with E-state index in [1.807, 2.05) is 6.20 Å². The van der Waals surface area contributed by atoms with Crippen molar-refractivity contribution < 1.29 is 0 Å². The van der Waals surface area contributed by atoms with Gasteiger partial charge in [0.25, 0.3) is 0 Å². The van der Waals surface area contributed by atoms with Gasteiger partial charge in [0.1, 0.15) is 0 Å². The number of rotatable bonds is 0. The lowest BCUT2D eigenvalue weighted by atomic mass is 9.83. The fraction of sp³-hybridized carbons (Fsp3) is 0.600. The van der Waals surface area contributed by atoms with Gasteiger partial charge in [0.2, 0.25) is 0 Å². The van der Waals surface area contributed by atoms with E-state index in [0.29, 0.717) is 0 Å². The molecule has 0 aliphatic carbocycles. The first-order chi connectivity index (χ1) is 7.69. The van der Waals surface area contributed by atoms with Crippen molar-refractivity contribution in [2.45, 2.75) is 53.5 Å². The molecule has 0 bridgehead atoms. The first-order valence-electron chi connectivity index (χ1n) is 6.24. The lowest BCUT2D eigenvalue weighted by molar-refractivity contribution is 0.567. The van der Waals surface area contributed by atoms with Crippen LogP contribution in [-0.2, 0) is 12.0 Å². The maximum absolute atomic E-state index is 4.67. The van der Waals surface area contributed by atoms with Gasteiger partial charge >= 0.3 is 0 Å². The summed E-state index contributed by atoms with van der Waals surface area (Å²) in [4.78, 5) is 9.24. The lowest BCUT2D eigenvalue weighted by Gasteiger charge is -2.22. The SMILES string of the molecule is CC(C)(C)C1=NCc2cnc(C(C)(C)C)cc21. The van der Waals surface area contributed by atoms with Gasteiger partial charge < -0.3 is 0 Å². The van der Waals surface area contributed by atoms with Crippen LogP contribution in [0.2, 0.25) is 0 Å². The standard InChI is InChI=1S/C15H22N2/c1-14(2,3)12-7-11-10(8-16-12)9-17-13(11)15(4,5)6/h7-8H,9H2,1-6H3. The summed E-state index contributed by atoms with van der Waals surface area (Å²) in [5.41, 5.74) is 5.15. The topological polar surface area (TPSA) is 25.2 Å². The Morgan fingerprint density at radius 1 is 1.00 bits per heavy atom. The largest absolute Gasteiger partial charge is 0.284 e. The molecule has 1 aromatic heterocycles. The molecule has 0 atom stereocenters. The molecule has 1 aromatic rings. The molecule has 92 valence electrons. The van der Waals surface area contributed by atoms with Crippen LogP contribution in [0.4, 0.5) is 0 Å². The van der Waals surface area contributed by atoms with Gasteiger partial charge in [-0.1, -0.05) is 41.5 Å². The molecule has 2 rings (SSSR count). The molecule has 1 aliphatic rings. The van der Waals surface area contributed by atoms with Crippen LogP contribution in [0.15, 0.2) is 17.3 Å². The van der Waals surface area contributed by atoms with Crippen molar-refractivity contribution in [3.63, 3.8) is 0 Å². The highest BCUT2D eigenvalue weighted by molar-refractivity contribution is 6.06. The van der Waals surface area contributed by atoms with Crippen molar-refractivity contribution in [3.05, 3.63) is 29.1 Å². The van der Waals surface area contributed by atoms with Crippen LogP contribution in [0.3, 0.4) is 0 Å². The fourth-order valence-corrected chi connectivity index (χ4v) is 2.13. The molecule has 0 aromatic carbocycles. The summed E-state index contributed by atoms with van der Waals surface area (Å²) in [5, 5.41) is 0. The number of hydrogen-bond acceptors (Lipinski definition) is 2. The Morgan fingerprint density at radius 3 is 2.18 bits per heavy atom. The van der Waals surface area contributed by atoms with Gasteiger partial charge in [-0.15, -0.1) is 0 Å². The Morgan fingerprint density at radius 2 is 1.65 bits per heavy atom. The molecule has 0 unspecified atom stereocenters. The van der Waals surface area contributed by atoms with Gasteiger partial charge in [0, 0.05) is 39.6 Å². The first kappa shape index (κ1) is 12.3. The van der Waals surface area contributed by atoms with Crippen molar-refractivity contribution >= 4 is 5.71 Å². The molecule has 2 heterocycles. The predicted octanol–water partition coefficient (Wildman–Crippen LogP) is 3.73. The zero-order valence-corrected chi connectivity index (χ0v) is 11.8. The minimum atomic E-state index is 0.0978. The van der Waals surface area contributed by atoms with Crippen LogP contribution in [0.25, 0.3) is 0 Å². The van der Waals surface area contributed by atoms with Crippen molar-refractivity contribution in [3.8, 4) is 0 Å². The minimum absolute atomic E-state index is 0.0978. The van der Waals surface area contributed by atoms with Crippen LogP contribution in [0, 0.1) is 5.41 Å². The van der Waals surface area contributed by atoms with Crippen LogP contribution in [0.1, 0.15) is 58.4 Å². The smallest absolute Gasteiger partial charge is 0.0665 e. The summed E-state index contributed by atoms with van der Waals surface area (Å²) in [6, 6.07) is 2.23. The van der Waals surface area contributed by atoms with Crippen molar-refractivity contribution in [2.75, 3.05) is 0 Å². The number of hydrogen-bond donors (Lipinski definition) is 0. The monoisotopic (exact) mass is 230 g/mol. The molecule has 0 fully saturated rings. The minimum Gasteiger partial charge on any atom is -0.284 e. The second kappa shape index (κ2) is 3.66. The maximum Gasteiger partial charge on any atom is 0.0665 e. The summed E-state index contributed by atoms with van der Waals surface area (Å²) in [7, 11) is 0. The summed E-state index contributed by atoms with van der Waals surface area (Å²) >= 11 is 0. The molecule has 2 nitrogen and oxygen atoms in total. The number of aliphatic imine (C=N–C) groups is 1. The highest BCUT2D eigenvalue weighted by Gasteiger charge is 2.28. The number of nitrogens with zero attached hydrogens (tertiary/aromatic N) is 2. The third-order valence-corrected chi connectivity index (χ3v) is 3.13. The Labute approximate surface area is 104 Å². The number of aromatic nitrogens is 1. The van der Waals surface area contributed by atoms with E-state index in [2.05, 4.69) is 57.6 Å². The van der Waals surface area contributed by atoms with Crippen LogP contribution >= 0.6 is 0 Å². The van der Waals surface area contributed by atoms with Gasteiger partial charge in [-0.3, -0.25) is 9.98 Å². The van der Waals surface area contributed by atoms with E-state index >= 15 is 0 Å². The lowest BCUT2D eigenvalue weighted by Crippen LogP contribution is -2.21. The molecule has 1 aliphatic heterocycles. The molecule has 0 amide bonds. The average Bonchev–Trinajstić information content (AvgIpc) is 2.57. The maximum atomic E-state index is 4.67. The molecular formula is C15H22N2. The summed E-state index contributed by atoms with van der Waals surface area (Å²) in [6.45, 7) is 14.0.